The predicted molar refractivity (Wildman–Crippen MR) is 120 cm³/mol. The molecule has 1 aliphatic rings. The van der Waals surface area contributed by atoms with Crippen LogP contribution in [-0.4, -0.2) is 51.3 Å². The Morgan fingerprint density at radius 2 is 1.88 bits per heavy atom. The van der Waals surface area contributed by atoms with E-state index in [1.54, 1.807) is 12.3 Å². The summed E-state index contributed by atoms with van der Waals surface area (Å²) < 4.78 is 1.17. The van der Waals surface area contributed by atoms with E-state index in [1.807, 2.05) is 12.1 Å². The lowest BCUT2D eigenvalue weighted by molar-refractivity contribution is -0.135. The number of carboxylic acid groups (broad SMARTS) is 1. The van der Waals surface area contributed by atoms with Gasteiger partial charge >= 0.3 is 5.97 Å². The molecule has 3 aromatic rings. The molecule has 2 aromatic heterocycles. The van der Waals surface area contributed by atoms with Crippen molar-refractivity contribution < 1.29 is 19.8 Å². The Morgan fingerprint density at radius 3 is 2.59 bits per heavy atom. The van der Waals surface area contributed by atoms with Crippen LogP contribution in [0.15, 0.2) is 41.3 Å². The molecular weight excluding hydrogens is 412 g/mol. The Kier molecular flexibility index (Phi) is 5.81. The number of piperidine rings is 1. The molecule has 0 unspecified atom stereocenters. The zero-order valence-corrected chi connectivity index (χ0v) is 17.7. The number of aromatic hydroxyl groups is 1. The normalized spacial score (nSPS) is 13.8. The van der Waals surface area contributed by atoms with Crippen LogP contribution >= 0.6 is 0 Å². The van der Waals surface area contributed by atoms with Gasteiger partial charge in [-0.3, -0.25) is 19.0 Å². The number of amides is 1. The quantitative estimate of drug-likeness (QED) is 0.559. The number of aryl methyl sites for hydroxylation is 1. The maximum absolute atomic E-state index is 12.6. The summed E-state index contributed by atoms with van der Waals surface area (Å²) in [5.74, 6) is -2.73. The predicted octanol–water partition coefficient (Wildman–Crippen LogP) is 2.11. The van der Waals surface area contributed by atoms with Gasteiger partial charge in [-0.2, -0.15) is 0 Å². The number of rotatable bonds is 5. The van der Waals surface area contributed by atoms with E-state index in [0.29, 0.717) is 0 Å². The summed E-state index contributed by atoms with van der Waals surface area (Å²) >= 11 is 0. The average molecular weight is 436 g/mol. The number of carbonyl (C=O) groups excluding carboxylic acids is 1. The van der Waals surface area contributed by atoms with Gasteiger partial charge in [-0.05, 0) is 43.0 Å². The van der Waals surface area contributed by atoms with Crippen LogP contribution in [-0.2, 0) is 11.8 Å². The molecule has 0 aliphatic carbocycles. The summed E-state index contributed by atoms with van der Waals surface area (Å²) in [5.41, 5.74) is 1.68. The van der Waals surface area contributed by atoms with Gasteiger partial charge in [0.2, 0.25) is 0 Å². The third kappa shape index (κ3) is 4.01. The largest absolute Gasteiger partial charge is 0.506 e. The summed E-state index contributed by atoms with van der Waals surface area (Å²) in [5, 5.41) is 21.9. The van der Waals surface area contributed by atoms with E-state index in [0.717, 1.165) is 42.7 Å². The Morgan fingerprint density at radius 1 is 1.12 bits per heavy atom. The van der Waals surface area contributed by atoms with Crippen LogP contribution in [0.2, 0.25) is 0 Å². The van der Waals surface area contributed by atoms with Crippen LogP contribution < -0.4 is 15.8 Å². The molecule has 0 spiro atoms. The summed E-state index contributed by atoms with van der Waals surface area (Å²) in [6.45, 7) is 1.36. The van der Waals surface area contributed by atoms with Crippen LogP contribution in [0.25, 0.3) is 22.2 Å². The second-order valence-corrected chi connectivity index (χ2v) is 7.86. The van der Waals surface area contributed by atoms with Gasteiger partial charge in [0.25, 0.3) is 11.5 Å². The molecule has 3 heterocycles. The molecule has 32 heavy (non-hydrogen) atoms. The van der Waals surface area contributed by atoms with E-state index >= 15 is 0 Å². The highest BCUT2D eigenvalue weighted by Gasteiger charge is 2.22. The standard InChI is InChI=1S/C23H24N4O5/c1-26-21-17(20(30)19(23(26)32)22(31)25-13-18(28)29)11-15(12-24-21)14-6-5-7-16(10-14)27-8-3-2-4-9-27/h5-7,10-12,30H,2-4,8-9,13H2,1H3,(H,25,31)(H,28,29). The number of nitrogens with one attached hydrogen (secondary N) is 1. The Labute approximate surface area is 183 Å². The van der Waals surface area contributed by atoms with Gasteiger partial charge in [0, 0.05) is 37.6 Å². The molecule has 3 N–H and O–H groups in total. The van der Waals surface area contributed by atoms with Crippen LogP contribution in [0, 0.1) is 0 Å². The molecule has 9 nitrogen and oxygen atoms in total. The zero-order valence-electron chi connectivity index (χ0n) is 17.7. The molecule has 0 saturated carbocycles. The van der Waals surface area contributed by atoms with Gasteiger partial charge in [0.15, 0.2) is 0 Å². The first-order valence-electron chi connectivity index (χ1n) is 10.4. The highest BCUT2D eigenvalue weighted by molar-refractivity contribution is 6.03. The van der Waals surface area contributed by atoms with E-state index in [9.17, 15) is 19.5 Å². The van der Waals surface area contributed by atoms with Gasteiger partial charge in [-0.1, -0.05) is 12.1 Å². The van der Waals surface area contributed by atoms with E-state index in [-0.39, 0.29) is 11.0 Å². The van der Waals surface area contributed by atoms with E-state index < -0.39 is 35.3 Å². The van der Waals surface area contributed by atoms with Crippen molar-refractivity contribution in [3.8, 4) is 16.9 Å². The summed E-state index contributed by atoms with van der Waals surface area (Å²) in [6, 6.07) is 9.72. The van der Waals surface area contributed by atoms with E-state index in [1.165, 1.54) is 18.0 Å². The maximum atomic E-state index is 12.6. The third-order valence-electron chi connectivity index (χ3n) is 5.72. The number of hydrogen-bond acceptors (Lipinski definition) is 6. The van der Waals surface area contributed by atoms with Gasteiger partial charge in [-0.15, -0.1) is 0 Å². The number of aromatic nitrogens is 2. The van der Waals surface area contributed by atoms with Crippen LogP contribution in [0.1, 0.15) is 29.6 Å². The molecular formula is C23H24N4O5. The number of hydrogen-bond donors (Lipinski definition) is 3. The number of pyridine rings is 2. The molecule has 9 heteroatoms. The maximum Gasteiger partial charge on any atom is 0.322 e. The molecule has 1 fully saturated rings. The minimum atomic E-state index is -1.26. The smallest absolute Gasteiger partial charge is 0.322 e. The fourth-order valence-electron chi connectivity index (χ4n) is 4.04. The molecule has 0 atom stereocenters. The fraction of sp³-hybridized carbons (Fsp3) is 0.304. The first kappa shape index (κ1) is 21.4. The van der Waals surface area contributed by atoms with Crippen molar-refractivity contribution in [1.82, 2.24) is 14.9 Å². The van der Waals surface area contributed by atoms with Crippen molar-refractivity contribution in [3.05, 3.63) is 52.4 Å². The van der Waals surface area contributed by atoms with Crippen LogP contribution in [0.5, 0.6) is 5.75 Å². The SMILES string of the molecule is Cn1c(=O)c(C(=O)NCC(=O)O)c(O)c2cc(-c3cccc(N4CCCCC4)c3)cnc21. The molecule has 0 bridgehead atoms. The molecule has 0 radical (unpaired) electrons. The number of fused-ring (bicyclic) bond motifs is 1. The number of aliphatic carboxylic acids is 1. The van der Waals surface area contributed by atoms with Gasteiger partial charge in [-0.25, -0.2) is 4.98 Å². The third-order valence-corrected chi connectivity index (χ3v) is 5.72. The minimum Gasteiger partial charge on any atom is -0.506 e. The molecule has 1 aromatic carbocycles. The number of carboxylic acids is 1. The highest BCUT2D eigenvalue weighted by atomic mass is 16.4. The lowest BCUT2D eigenvalue weighted by atomic mass is 10.0. The van der Waals surface area contributed by atoms with E-state index in [2.05, 4.69) is 27.3 Å². The monoisotopic (exact) mass is 436 g/mol. The second kappa shape index (κ2) is 8.70. The topological polar surface area (TPSA) is 125 Å². The van der Waals surface area contributed by atoms with E-state index in [4.69, 9.17) is 5.11 Å². The van der Waals surface area contributed by atoms with Crippen molar-refractivity contribution in [3.63, 3.8) is 0 Å². The highest BCUT2D eigenvalue weighted by Crippen LogP contribution is 2.31. The van der Waals surface area contributed by atoms with Crippen molar-refractivity contribution in [2.24, 2.45) is 7.05 Å². The molecule has 1 aliphatic heterocycles. The van der Waals surface area contributed by atoms with Crippen molar-refractivity contribution >= 4 is 28.6 Å². The minimum absolute atomic E-state index is 0.221. The lowest BCUT2D eigenvalue weighted by Crippen LogP contribution is -2.35. The molecule has 4 rings (SSSR count). The van der Waals surface area contributed by atoms with Crippen LogP contribution in [0.4, 0.5) is 5.69 Å². The molecule has 1 amide bonds. The number of benzene rings is 1. The van der Waals surface area contributed by atoms with Gasteiger partial charge in [0.05, 0.1) is 5.39 Å². The number of carbonyl (C=O) groups is 2. The number of anilines is 1. The lowest BCUT2D eigenvalue weighted by Gasteiger charge is -2.29. The zero-order chi connectivity index (χ0) is 22.8. The van der Waals surface area contributed by atoms with Gasteiger partial charge in [0.1, 0.15) is 23.5 Å². The first-order chi connectivity index (χ1) is 15.4. The molecule has 166 valence electrons. The summed E-state index contributed by atoms with van der Waals surface area (Å²) in [4.78, 5) is 42.5. The van der Waals surface area contributed by atoms with Crippen molar-refractivity contribution in [2.45, 2.75) is 19.3 Å². The Bertz CT molecular complexity index is 1260. The average Bonchev–Trinajstić information content (AvgIpc) is 2.81. The fourth-order valence-corrected chi connectivity index (χ4v) is 4.04. The Balaban J connectivity index is 1.78. The second-order valence-electron chi connectivity index (χ2n) is 7.86. The number of nitrogens with zero attached hydrogens (tertiary/aromatic N) is 3. The van der Waals surface area contributed by atoms with Crippen LogP contribution in [0.3, 0.4) is 0 Å². The van der Waals surface area contributed by atoms with Crippen molar-refractivity contribution in [1.29, 1.82) is 0 Å². The van der Waals surface area contributed by atoms with Gasteiger partial charge < -0.3 is 20.4 Å². The van der Waals surface area contributed by atoms with Crippen molar-refractivity contribution in [2.75, 3.05) is 24.5 Å². The Hall–Kier alpha value is -3.88. The summed E-state index contributed by atoms with van der Waals surface area (Å²) in [6.07, 6.45) is 5.19. The summed E-state index contributed by atoms with van der Waals surface area (Å²) in [7, 11) is 1.45. The molecule has 1 saturated heterocycles. The first-order valence-corrected chi connectivity index (χ1v) is 10.4.